The van der Waals surface area contributed by atoms with Gasteiger partial charge in [-0.15, -0.1) is 0 Å². The maximum atomic E-state index is 12.3. The van der Waals surface area contributed by atoms with Crippen molar-refractivity contribution in [2.75, 3.05) is 18.0 Å². The second-order valence-electron chi connectivity index (χ2n) is 7.10. The topological polar surface area (TPSA) is 84.4 Å². The van der Waals surface area contributed by atoms with Crippen LogP contribution in [0.1, 0.15) is 31.4 Å². The summed E-state index contributed by atoms with van der Waals surface area (Å²) in [6.45, 7) is 4.82. The van der Waals surface area contributed by atoms with Crippen molar-refractivity contribution in [3.63, 3.8) is 0 Å². The number of rotatable bonds is 4. The summed E-state index contributed by atoms with van der Waals surface area (Å²) in [5.74, 6) is 0.0938. The fourth-order valence-corrected chi connectivity index (χ4v) is 3.63. The smallest absolute Gasteiger partial charge is 0.341 e. The van der Waals surface area contributed by atoms with E-state index in [0.717, 1.165) is 36.6 Å². The number of ether oxygens (including phenoxy) is 1. The number of benzene rings is 1. The first-order chi connectivity index (χ1) is 14.0. The van der Waals surface area contributed by atoms with Gasteiger partial charge in [0.15, 0.2) is 6.23 Å². The first kappa shape index (κ1) is 18.9. The molecule has 7 heteroatoms. The molecule has 1 aromatic carbocycles. The van der Waals surface area contributed by atoms with E-state index in [-0.39, 0.29) is 5.91 Å². The summed E-state index contributed by atoms with van der Waals surface area (Å²) >= 11 is 0. The molecule has 0 unspecified atom stereocenters. The fourth-order valence-electron chi connectivity index (χ4n) is 3.63. The molecule has 2 aromatic rings. The van der Waals surface area contributed by atoms with E-state index in [9.17, 15) is 9.59 Å². The number of nitrogens with one attached hydrogen (secondary N) is 1. The molecule has 1 amide bonds. The summed E-state index contributed by atoms with van der Waals surface area (Å²) in [7, 11) is 0. The monoisotopic (exact) mass is 390 g/mol. The number of carbonyl (C=O) groups is 2. The lowest BCUT2D eigenvalue weighted by Gasteiger charge is -2.26. The van der Waals surface area contributed by atoms with Crippen LogP contribution in [-0.4, -0.2) is 41.2 Å². The zero-order valence-electron chi connectivity index (χ0n) is 16.4. The van der Waals surface area contributed by atoms with Crippen LogP contribution < -0.4 is 10.2 Å². The number of cyclic esters (lactones) is 1. The first-order valence-corrected chi connectivity index (χ1v) is 9.53. The maximum Gasteiger partial charge on any atom is 0.341 e. The highest BCUT2D eigenvalue weighted by molar-refractivity contribution is 6.19. The molecule has 3 heterocycles. The fraction of sp³-hybridized carbons (Fsp3) is 0.273. The number of aromatic nitrogens is 2. The van der Waals surface area contributed by atoms with Crippen LogP contribution >= 0.6 is 0 Å². The number of anilines is 1. The number of amides is 1. The molecule has 7 nitrogen and oxygen atoms in total. The van der Waals surface area contributed by atoms with E-state index in [1.807, 2.05) is 30.3 Å². The molecule has 1 atom stereocenters. The lowest BCUT2D eigenvalue weighted by Crippen LogP contribution is -2.34. The van der Waals surface area contributed by atoms with Crippen LogP contribution in [0.15, 0.2) is 54.4 Å². The van der Waals surface area contributed by atoms with Crippen molar-refractivity contribution in [3.8, 4) is 0 Å². The van der Waals surface area contributed by atoms with Crippen LogP contribution in [0.4, 0.5) is 5.95 Å². The van der Waals surface area contributed by atoms with Crippen molar-refractivity contribution < 1.29 is 14.3 Å². The molecule has 4 rings (SSSR count). The van der Waals surface area contributed by atoms with Gasteiger partial charge in [0.05, 0.1) is 5.57 Å². The Labute approximate surface area is 169 Å². The third-order valence-electron chi connectivity index (χ3n) is 5.14. The van der Waals surface area contributed by atoms with Crippen molar-refractivity contribution >= 4 is 29.0 Å². The van der Waals surface area contributed by atoms with Gasteiger partial charge in [0.1, 0.15) is 0 Å². The quantitative estimate of drug-likeness (QED) is 0.808. The van der Waals surface area contributed by atoms with Crippen LogP contribution in [0, 0.1) is 0 Å². The Morgan fingerprint density at radius 3 is 2.48 bits per heavy atom. The van der Waals surface area contributed by atoms with E-state index < -0.39 is 12.2 Å². The van der Waals surface area contributed by atoms with E-state index in [0.29, 0.717) is 11.1 Å². The van der Waals surface area contributed by atoms with Crippen LogP contribution in [0.3, 0.4) is 0 Å². The highest BCUT2D eigenvalue weighted by Crippen LogP contribution is 2.31. The maximum absolute atomic E-state index is 12.3. The number of nitrogens with zero attached hydrogens (tertiary/aromatic N) is 3. The molecule has 0 saturated heterocycles. The van der Waals surface area contributed by atoms with E-state index in [2.05, 4.69) is 26.3 Å². The molecule has 0 bridgehead atoms. The summed E-state index contributed by atoms with van der Waals surface area (Å²) < 4.78 is 5.28. The second kappa shape index (κ2) is 7.87. The predicted molar refractivity (Wildman–Crippen MR) is 110 cm³/mol. The molecule has 0 saturated carbocycles. The van der Waals surface area contributed by atoms with Gasteiger partial charge in [0.25, 0.3) is 0 Å². The average molecular weight is 390 g/mol. The normalized spacial score (nSPS) is 19.1. The van der Waals surface area contributed by atoms with Gasteiger partial charge in [-0.1, -0.05) is 30.3 Å². The van der Waals surface area contributed by atoms with Crippen molar-refractivity contribution in [2.24, 2.45) is 0 Å². The Balaban J connectivity index is 1.50. The van der Waals surface area contributed by atoms with Gasteiger partial charge >= 0.3 is 5.97 Å². The van der Waals surface area contributed by atoms with E-state index in [4.69, 9.17) is 4.74 Å². The SMILES string of the molecule is CC(=O)N[C@@H]1OC(=O)C(c2ccc(C3=CCN(c4ncccn4)CC3)cc2)=C1C. The van der Waals surface area contributed by atoms with Crippen LogP contribution in [-0.2, 0) is 14.3 Å². The number of hydrogen-bond acceptors (Lipinski definition) is 6. The number of carbonyl (C=O) groups excluding carboxylic acids is 2. The predicted octanol–water partition coefficient (Wildman–Crippen LogP) is 2.56. The van der Waals surface area contributed by atoms with Gasteiger partial charge in [-0.25, -0.2) is 14.8 Å². The standard InChI is InChI=1S/C22H22N4O3/c1-14-19(21(28)29-20(14)25-15(2)27)18-6-4-16(5-7-18)17-8-12-26(13-9-17)22-23-10-3-11-24-22/h3-8,10-11,20H,9,12-13H2,1-2H3,(H,25,27)/t20-/m1/s1. The Bertz CT molecular complexity index is 996. The van der Waals surface area contributed by atoms with Crippen LogP contribution in [0.5, 0.6) is 0 Å². The molecule has 148 valence electrons. The Kier molecular flexibility index (Phi) is 5.12. The number of esters is 1. The van der Waals surface area contributed by atoms with E-state index in [1.165, 1.54) is 12.5 Å². The van der Waals surface area contributed by atoms with E-state index >= 15 is 0 Å². The lowest BCUT2D eigenvalue weighted by molar-refractivity contribution is -0.140. The molecule has 2 aliphatic heterocycles. The molecule has 0 radical (unpaired) electrons. The average Bonchev–Trinajstić information content (AvgIpc) is 3.01. The molecule has 1 N–H and O–H groups in total. The highest BCUT2D eigenvalue weighted by atomic mass is 16.6. The Hall–Kier alpha value is -3.48. The molecular formula is C22H22N4O3. The number of hydrogen-bond donors (Lipinski definition) is 1. The minimum Gasteiger partial charge on any atom is -0.434 e. The van der Waals surface area contributed by atoms with Crippen molar-refractivity contribution in [1.29, 1.82) is 0 Å². The van der Waals surface area contributed by atoms with Gasteiger partial charge in [-0.05, 0) is 36.1 Å². The molecular weight excluding hydrogens is 368 g/mol. The minimum atomic E-state index is -0.693. The van der Waals surface area contributed by atoms with Crippen LogP contribution in [0.25, 0.3) is 11.1 Å². The first-order valence-electron chi connectivity index (χ1n) is 9.53. The molecule has 1 aromatic heterocycles. The van der Waals surface area contributed by atoms with Crippen molar-refractivity contribution in [2.45, 2.75) is 26.5 Å². The minimum absolute atomic E-state index is 0.238. The molecule has 0 spiro atoms. The van der Waals surface area contributed by atoms with Gasteiger partial charge in [-0.2, -0.15) is 0 Å². The van der Waals surface area contributed by atoms with Crippen LogP contribution in [0.2, 0.25) is 0 Å². The van der Waals surface area contributed by atoms with Gasteiger partial charge < -0.3 is 15.0 Å². The second-order valence-corrected chi connectivity index (χ2v) is 7.10. The zero-order valence-corrected chi connectivity index (χ0v) is 16.4. The summed E-state index contributed by atoms with van der Waals surface area (Å²) in [5.41, 5.74) is 4.42. The van der Waals surface area contributed by atoms with Crippen molar-refractivity contribution in [3.05, 3.63) is 65.5 Å². The van der Waals surface area contributed by atoms with Gasteiger partial charge in [-0.3, -0.25) is 4.79 Å². The Morgan fingerprint density at radius 1 is 1.17 bits per heavy atom. The highest BCUT2D eigenvalue weighted by Gasteiger charge is 2.32. The molecule has 0 fully saturated rings. The summed E-state index contributed by atoms with van der Waals surface area (Å²) in [5, 5.41) is 2.64. The summed E-state index contributed by atoms with van der Waals surface area (Å²) in [6, 6.07) is 9.72. The van der Waals surface area contributed by atoms with Gasteiger partial charge in [0, 0.05) is 38.0 Å². The Morgan fingerprint density at radius 2 is 1.86 bits per heavy atom. The molecule has 2 aliphatic rings. The van der Waals surface area contributed by atoms with E-state index in [1.54, 1.807) is 19.3 Å². The van der Waals surface area contributed by atoms with Crippen molar-refractivity contribution in [1.82, 2.24) is 15.3 Å². The summed E-state index contributed by atoms with van der Waals surface area (Å²) in [4.78, 5) is 34.3. The summed E-state index contributed by atoms with van der Waals surface area (Å²) in [6.07, 6.45) is 5.90. The third kappa shape index (κ3) is 3.89. The zero-order chi connectivity index (χ0) is 20.4. The van der Waals surface area contributed by atoms with Gasteiger partial charge in [0.2, 0.25) is 11.9 Å². The lowest BCUT2D eigenvalue weighted by atomic mass is 9.95. The largest absolute Gasteiger partial charge is 0.434 e. The molecule has 29 heavy (non-hydrogen) atoms. The third-order valence-corrected chi connectivity index (χ3v) is 5.14. The molecule has 0 aliphatic carbocycles.